The highest BCUT2D eigenvalue weighted by Crippen LogP contribution is 2.24. The fourth-order valence-electron chi connectivity index (χ4n) is 2.49. The predicted octanol–water partition coefficient (Wildman–Crippen LogP) is 2.95. The molecule has 1 aromatic rings. The summed E-state index contributed by atoms with van der Waals surface area (Å²) in [6.07, 6.45) is 5.45. The number of hydrogen-bond acceptors (Lipinski definition) is 6. The Bertz CT molecular complexity index is 606. The molecular formula is C21H30O6. The molecule has 0 aliphatic heterocycles. The molecule has 0 spiro atoms. The van der Waals surface area contributed by atoms with Gasteiger partial charge in [-0.1, -0.05) is 24.3 Å². The molecule has 0 saturated carbocycles. The third-order valence-corrected chi connectivity index (χ3v) is 3.87. The molecule has 0 fully saturated rings. The zero-order valence-electron chi connectivity index (χ0n) is 16.3. The lowest BCUT2D eigenvalue weighted by Gasteiger charge is -2.21. The summed E-state index contributed by atoms with van der Waals surface area (Å²) in [6, 6.07) is 7.08. The van der Waals surface area contributed by atoms with E-state index in [1.807, 2.05) is 19.1 Å². The topological polar surface area (TPSA) is 85.2 Å². The van der Waals surface area contributed by atoms with Crippen LogP contribution in [-0.4, -0.2) is 49.2 Å². The van der Waals surface area contributed by atoms with E-state index in [-0.39, 0.29) is 25.3 Å². The van der Waals surface area contributed by atoms with Crippen molar-refractivity contribution in [2.75, 3.05) is 26.9 Å². The predicted molar refractivity (Wildman–Crippen MR) is 104 cm³/mol. The second-order valence-corrected chi connectivity index (χ2v) is 5.98. The van der Waals surface area contributed by atoms with Gasteiger partial charge in [-0.2, -0.15) is 0 Å². The summed E-state index contributed by atoms with van der Waals surface area (Å²) in [7, 11) is 1.57. The van der Waals surface area contributed by atoms with E-state index < -0.39 is 6.10 Å². The van der Waals surface area contributed by atoms with Crippen LogP contribution in [-0.2, 0) is 14.3 Å². The first-order valence-corrected chi connectivity index (χ1v) is 9.07. The van der Waals surface area contributed by atoms with Crippen LogP contribution in [0.1, 0.15) is 38.4 Å². The lowest BCUT2D eigenvalue weighted by atomic mass is 10.0. The molecule has 0 aromatic heterocycles. The Labute approximate surface area is 161 Å². The highest BCUT2D eigenvalue weighted by atomic mass is 16.5. The molecule has 0 aliphatic carbocycles. The van der Waals surface area contributed by atoms with Gasteiger partial charge >= 0.3 is 5.97 Å². The molecule has 27 heavy (non-hydrogen) atoms. The number of ether oxygens (including phenoxy) is 3. The summed E-state index contributed by atoms with van der Waals surface area (Å²) in [6.45, 7) is 4.14. The van der Waals surface area contributed by atoms with E-state index in [2.05, 4.69) is 0 Å². The number of benzene rings is 1. The number of carbonyl (C=O) groups is 1. The van der Waals surface area contributed by atoms with Crippen molar-refractivity contribution >= 4 is 5.97 Å². The van der Waals surface area contributed by atoms with Gasteiger partial charge in [0.25, 0.3) is 0 Å². The van der Waals surface area contributed by atoms with Crippen molar-refractivity contribution in [1.29, 1.82) is 0 Å². The van der Waals surface area contributed by atoms with Crippen molar-refractivity contribution in [2.24, 2.45) is 0 Å². The van der Waals surface area contributed by atoms with E-state index in [9.17, 15) is 9.90 Å². The van der Waals surface area contributed by atoms with Crippen LogP contribution in [0.25, 0.3) is 0 Å². The zero-order valence-corrected chi connectivity index (χ0v) is 16.3. The molecular weight excluding hydrogens is 348 g/mol. The Morgan fingerprint density at radius 3 is 2.56 bits per heavy atom. The number of allylic oxidation sites excluding steroid dienone is 3. The van der Waals surface area contributed by atoms with Crippen molar-refractivity contribution < 1.29 is 29.2 Å². The van der Waals surface area contributed by atoms with Crippen LogP contribution in [0.15, 0.2) is 48.1 Å². The van der Waals surface area contributed by atoms with Crippen LogP contribution < -0.4 is 4.74 Å². The molecule has 6 heteroatoms. The maximum Gasteiger partial charge on any atom is 0.330 e. The Hall–Kier alpha value is -2.15. The minimum atomic E-state index is -0.758. The van der Waals surface area contributed by atoms with E-state index >= 15 is 0 Å². The van der Waals surface area contributed by atoms with Gasteiger partial charge in [0, 0.05) is 13.2 Å². The van der Waals surface area contributed by atoms with Crippen molar-refractivity contribution in [1.82, 2.24) is 0 Å². The molecule has 150 valence electrons. The van der Waals surface area contributed by atoms with Crippen LogP contribution in [0.5, 0.6) is 5.75 Å². The van der Waals surface area contributed by atoms with Gasteiger partial charge in [0.2, 0.25) is 0 Å². The van der Waals surface area contributed by atoms with E-state index in [1.165, 1.54) is 6.08 Å². The zero-order chi connectivity index (χ0) is 20.1. The van der Waals surface area contributed by atoms with Gasteiger partial charge < -0.3 is 24.4 Å². The second kappa shape index (κ2) is 13.1. The Kier molecular flexibility index (Phi) is 11.1. The van der Waals surface area contributed by atoms with Crippen LogP contribution in [0.2, 0.25) is 0 Å². The van der Waals surface area contributed by atoms with E-state index in [4.69, 9.17) is 19.3 Å². The fourth-order valence-corrected chi connectivity index (χ4v) is 2.49. The normalized spacial score (nSPS) is 14.2. The van der Waals surface area contributed by atoms with E-state index in [0.717, 1.165) is 11.1 Å². The van der Waals surface area contributed by atoms with Crippen molar-refractivity contribution in [3.8, 4) is 5.75 Å². The lowest BCUT2D eigenvalue weighted by Crippen LogP contribution is -2.20. The minimum absolute atomic E-state index is 0.0436. The second-order valence-electron chi connectivity index (χ2n) is 5.98. The first kappa shape index (κ1) is 22.9. The quantitative estimate of drug-likeness (QED) is 0.330. The average Bonchev–Trinajstić information content (AvgIpc) is 2.66. The number of methoxy groups -OCH3 is 1. The Balaban J connectivity index is 2.55. The van der Waals surface area contributed by atoms with Crippen molar-refractivity contribution in [3.05, 3.63) is 53.6 Å². The number of aliphatic hydroxyl groups is 2. The molecule has 0 unspecified atom stereocenters. The molecule has 0 amide bonds. The van der Waals surface area contributed by atoms with Gasteiger partial charge in [0.05, 0.1) is 19.3 Å². The number of hydrogen-bond donors (Lipinski definition) is 2. The Morgan fingerprint density at radius 1 is 1.26 bits per heavy atom. The molecule has 1 aromatic carbocycles. The lowest BCUT2D eigenvalue weighted by molar-refractivity contribution is -0.137. The van der Waals surface area contributed by atoms with Gasteiger partial charge in [-0.15, -0.1) is 0 Å². The molecule has 2 N–H and O–H groups in total. The largest absolute Gasteiger partial charge is 0.491 e. The summed E-state index contributed by atoms with van der Waals surface area (Å²) < 4.78 is 15.6. The standard InChI is InChI=1S/C21H30O6/c1-4-26-20(23)15-16(2)7-5-6-8-19(25-3)21(24)17-9-11-18(12-10-17)27-14-13-22/h5,7,9-12,15,19,21-22,24H,4,6,8,13-14H2,1-3H3/b7-5+,16-15+/t19-,21-/m1/s1. The molecule has 0 aliphatic rings. The smallest absolute Gasteiger partial charge is 0.330 e. The van der Waals surface area contributed by atoms with E-state index in [1.54, 1.807) is 38.3 Å². The first-order valence-electron chi connectivity index (χ1n) is 9.07. The summed E-state index contributed by atoms with van der Waals surface area (Å²) in [4.78, 5) is 11.4. The highest BCUT2D eigenvalue weighted by Gasteiger charge is 2.19. The van der Waals surface area contributed by atoms with Crippen LogP contribution >= 0.6 is 0 Å². The molecule has 1 rings (SSSR count). The average molecular weight is 378 g/mol. The molecule has 0 radical (unpaired) electrons. The maximum atomic E-state index is 11.4. The summed E-state index contributed by atoms with van der Waals surface area (Å²) in [5, 5.41) is 19.3. The van der Waals surface area contributed by atoms with Crippen molar-refractivity contribution in [3.63, 3.8) is 0 Å². The molecule has 2 atom stereocenters. The number of aliphatic hydroxyl groups excluding tert-OH is 2. The van der Waals surface area contributed by atoms with Crippen LogP contribution in [0.4, 0.5) is 0 Å². The summed E-state index contributed by atoms with van der Waals surface area (Å²) >= 11 is 0. The van der Waals surface area contributed by atoms with Gasteiger partial charge in [0.15, 0.2) is 0 Å². The van der Waals surface area contributed by atoms with Gasteiger partial charge in [-0.05, 0) is 50.0 Å². The summed E-state index contributed by atoms with van der Waals surface area (Å²) in [5.41, 5.74) is 1.54. The van der Waals surface area contributed by atoms with Gasteiger partial charge in [0.1, 0.15) is 18.5 Å². The third-order valence-electron chi connectivity index (χ3n) is 3.87. The minimum Gasteiger partial charge on any atom is -0.491 e. The van der Waals surface area contributed by atoms with Crippen molar-refractivity contribution in [2.45, 2.75) is 38.9 Å². The van der Waals surface area contributed by atoms with Crippen LogP contribution in [0.3, 0.4) is 0 Å². The summed E-state index contributed by atoms with van der Waals surface area (Å²) in [5.74, 6) is 0.289. The Morgan fingerprint density at radius 2 is 1.96 bits per heavy atom. The highest BCUT2D eigenvalue weighted by molar-refractivity contribution is 5.83. The van der Waals surface area contributed by atoms with Gasteiger partial charge in [-0.25, -0.2) is 4.79 Å². The molecule has 0 bridgehead atoms. The molecule has 0 saturated heterocycles. The monoisotopic (exact) mass is 378 g/mol. The SMILES string of the molecule is CCOC(=O)/C=C(C)/C=C/CC[C@@H](OC)[C@H](O)c1ccc(OCCO)cc1. The maximum absolute atomic E-state index is 11.4. The van der Waals surface area contributed by atoms with Crippen LogP contribution in [0, 0.1) is 0 Å². The van der Waals surface area contributed by atoms with Gasteiger partial charge in [-0.3, -0.25) is 0 Å². The number of carbonyl (C=O) groups excluding carboxylic acids is 1. The molecule has 6 nitrogen and oxygen atoms in total. The third kappa shape index (κ3) is 8.86. The van der Waals surface area contributed by atoms with E-state index in [0.29, 0.717) is 25.2 Å². The number of rotatable bonds is 12. The first-order chi connectivity index (χ1) is 13.0. The fraction of sp³-hybridized carbons (Fsp3) is 0.476. The molecule has 0 heterocycles. The number of esters is 1.